The van der Waals surface area contributed by atoms with E-state index in [0.29, 0.717) is 18.8 Å². The van der Waals surface area contributed by atoms with E-state index < -0.39 is 26.0 Å². The van der Waals surface area contributed by atoms with Gasteiger partial charge in [-0.25, -0.2) is 26.8 Å². The maximum absolute atomic E-state index is 13.2. The number of piperazine rings is 1. The topological polar surface area (TPSA) is 127 Å². The van der Waals surface area contributed by atoms with Crippen LogP contribution in [0.5, 0.6) is 0 Å². The van der Waals surface area contributed by atoms with Crippen LogP contribution in [0.25, 0.3) is 10.8 Å². The second-order valence-electron chi connectivity index (χ2n) is 7.62. The van der Waals surface area contributed by atoms with Crippen LogP contribution in [0, 0.1) is 0 Å². The number of rotatable bonds is 5. The molecule has 0 aromatic heterocycles. The molecule has 0 amide bonds. The van der Waals surface area contributed by atoms with Crippen LogP contribution in [0.3, 0.4) is 0 Å². The molecule has 1 heterocycles. The van der Waals surface area contributed by atoms with Gasteiger partial charge in [-0.05, 0) is 41.1 Å². The quantitative estimate of drug-likeness (QED) is 0.541. The Bertz CT molecular complexity index is 1430. The van der Waals surface area contributed by atoms with Crippen molar-refractivity contribution in [3.8, 4) is 0 Å². The second-order valence-corrected chi connectivity index (χ2v) is 11.1. The van der Waals surface area contributed by atoms with Crippen LogP contribution >= 0.6 is 0 Å². The molecule has 2 N–H and O–H groups in total. The molecule has 1 aliphatic heterocycles. The number of ether oxygens (including phenoxy) is 1. The number of hydrogen-bond acceptors (Lipinski definition) is 7. The van der Waals surface area contributed by atoms with Crippen LogP contribution in [0.1, 0.15) is 10.4 Å². The van der Waals surface area contributed by atoms with E-state index in [1.165, 1.54) is 29.6 Å². The molecule has 1 aliphatic rings. The van der Waals surface area contributed by atoms with E-state index >= 15 is 0 Å². The van der Waals surface area contributed by atoms with Gasteiger partial charge < -0.3 is 9.64 Å². The third-order valence-corrected chi connectivity index (χ3v) is 8.45. The number of sulfonamides is 2. The van der Waals surface area contributed by atoms with Crippen LogP contribution < -0.4 is 10.0 Å². The van der Waals surface area contributed by atoms with Crippen molar-refractivity contribution < 1.29 is 26.4 Å². The zero-order valence-corrected chi connectivity index (χ0v) is 19.5. The Kier molecular flexibility index (Phi) is 6.14. The minimum absolute atomic E-state index is 0.0508. The van der Waals surface area contributed by atoms with Crippen molar-refractivity contribution in [1.29, 1.82) is 0 Å². The summed E-state index contributed by atoms with van der Waals surface area (Å²) in [6, 6.07) is 16.6. The summed E-state index contributed by atoms with van der Waals surface area (Å²) in [4.78, 5) is 14.1. The number of fused-ring (bicyclic) bond motifs is 1. The molecule has 0 saturated carbocycles. The summed E-state index contributed by atoms with van der Waals surface area (Å²) in [7, 11) is -6.50. The number of hydrogen-bond donors (Lipinski definition) is 1. The van der Waals surface area contributed by atoms with Gasteiger partial charge in [0.05, 0.1) is 28.2 Å². The molecule has 3 aromatic carbocycles. The van der Waals surface area contributed by atoms with Gasteiger partial charge in [0, 0.05) is 26.2 Å². The largest absolute Gasteiger partial charge is 0.465 e. The summed E-state index contributed by atoms with van der Waals surface area (Å²) in [6.07, 6.45) is 0. The molecule has 1 fully saturated rings. The Morgan fingerprint density at radius 3 is 2.12 bits per heavy atom. The highest BCUT2D eigenvalue weighted by molar-refractivity contribution is 7.89. The number of carbonyl (C=O) groups is 1. The Hall–Kier alpha value is -2.99. The van der Waals surface area contributed by atoms with E-state index in [1.54, 1.807) is 18.2 Å². The summed E-state index contributed by atoms with van der Waals surface area (Å²) in [6.45, 7) is 1.02. The fourth-order valence-corrected chi connectivity index (χ4v) is 5.89. The van der Waals surface area contributed by atoms with E-state index in [9.17, 15) is 21.6 Å². The minimum atomic E-state index is -4.00. The van der Waals surface area contributed by atoms with E-state index in [2.05, 4.69) is 0 Å². The number of nitrogens with two attached hydrogens (primary N) is 1. The smallest absolute Gasteiger partial charge is 0.340 e. The second kappa shape index (κ2) is 8.75. The molecule has 0 unspecified atom stereocenters. The summed E-state index contributed by atoms with van der Waals surface area (Å²) in [5.74, 6) is -0.707. The summed E-state index contributed by atoms with van der Waals surface area (Å²) < 4.78 is 56.0. The van der Waals surface area contributed by atoms with E-state index in [4.69, 9.17) is 9.88 Å². The molecule has 0 atom stereocenters. The van der Waals surface area contributed by atoms with Crippen molar-refractivity contribution in [1.82, 2.24) is 4.31 Å². The normalized spacial score (nSPS) is 15.5. The number of methoxy groups -OCH3 is 1. The zero-order valence-electron chi connectivity index (χ0n) is 17.8. The summed E-state index contributed by atoms with van der Waals surface area (Å²) >= 11 is 0. The average Bonchev–Trinajstić information content (AvgIpc) is 2.82. The Balaban J connectivity index is 1.57. The lowest BCUT2D eigenvalue weighted by Gasteiger charge is -2.36. The van der Waals surface area contributed by atoms with Gasteiger partial charge in [-0.3, -0.25) is 0 Å². The van der Waals surface area contributed by atoms with Crippen LogP contribution in [-0.4, -0.2) is 60.4 Å². The molecule has 174 valence electrons. The van der Waals surface area contributed by atoms with Crippen molar-refractivity contribution in [2.24, 2.45) is 5.14 Å². The number of esters is 1. The Morgan fingerprint density at radius 1 is 0.848 bits per heavy atom. The van der Waals surface area contributed by atoms with E-state index in [1.807, 2.05) is 29.2 Å². The van der Waals surface area contributed by atoms with Crippen LogP contribution in [0.4, 0.5) is 5.69 Å². The van der Waals surface area contributed by atoms with Crippen molar-refractivity contribution in [3.05, 3.63) is 66.2 Å². The predicted molar refractivity (Wildman–Crippen MR) is 124 cm³/mol. The molecule has 3 aromatic rings. The zero-order chi connectivity index (χ0) is 23.8. The lowest BCUT2D eigenvalue weighted by Crippen LogP contribution is -2.49. The highest BCUT2D eigenvalue weighted by Gasteiger charge is 2.30. The van der Waals surface area contributed by atoms with Crippen LogP contribution in [0.2, 0.25) is 0 Å². The van der Waals surface area contributed by atoms with Gasteiger partial charge in [0.25, 0.3) is 0 Å². The maximum Gasteiger partial charge on any atom is 0.340 e. The molecule has 0 radical (unpaired) electrons. The molecule has 1 saturated heterocycles. The fourth-order valence-electron chi connectivity index (χ4n) is 3.89. The van der Waals surface area contributed by atoms with Crippen LogP contribution in [0.15, 0.2) is 70.5 Å². The maximum atomic E-state index is 13.2. The van der Waals surface area contributed by atoms with Gasteiger partial charge in [-0.15, -0.1) is 0 Å². The number of benzene rings is 3. The first-order valence-electron chi connectivity index (χ1n) is 10.1. The first kappa shape index (κ1) is 23.2. The van der Waals surface area contributed by atoms with Gasteiger partial charge in [0.1, 0.15) is 0 Å². The molecule has 0 aliphatic carbocycles. The van der Waals surface area contributed by atoms with Crippen molar-refractivity contribution in [3.63, 3.8) is 0 Å². The molecule has 11 heteroatoms. The summed E-state index contributed by atoms with van der Waals surface area (Å²) in [5, 5.41) is 6.99. The standard InChI is InChI=1S/C22H23N3O6S2/c1-31-22(26)20-15-18(32(23,27)28)8-9-21(20)24-10-12-25(13-11-24)33(29,30)19-7-6-16-4-2-3-5-17(16)14-19/h2-9,14-15H,10-13H2,1H3,(H2,23,27,28). The first-order chi connectivity index (χ1) is 15.6. The monoisotopic (exact) mass is 489 g/mol. The van der Waals surface area contributed by atoms with Crippen molar-refractivity contribution >= 4 is 42.5 Å². The fraction of sp³-hybridized carbons (Fsp3) is 0.227. The molecule has 4 rings (SSSR count). The molecular formula is C22H23N3O6S2. The number of nitrogens with zero attached hydrogens (tertiary/aromatic N) is 2. The SMILES string of the molecule is COC(=O)c1cc(S(N)(=O)=O)ccc1N1CCN(S(=O)(=O)c2ccc3ccccc3c2)CC1. The molecule has 33 heavy (non-hydrogen) atoms. The van der Waals surface area contributed by atoms with Crippen LogP contribution in [-0.2, 0) is 24.8 Å². The molecule has 9 nitrogen and oxygen atoms in total. The third-order valence-electron chi connectivity index (χ3n) is 5.64. The first-order valence-corrected chi connectivity index (χ1v) is 13.1. The van der Waals surface area contributed by atoms with E-state index in [0.717, 1.165) is 10.8 Å². The average molecular weight is 490 g/mol. The summed E-state index contributed by atoms with van der Waals surface area (Å²) in [5.41, 5.74) is 0.506. The van der Waals surface area contributed by atoms with Gasteiger partial charge in [0.2, 0.25) is 20.0 Å². The van der Waals surface area contributed by atoms with Crippen molar-refractivity contribution in [2.75, 3.05) is 38.2 Å². The Labute approximate surface area is 192 Å². The highest BCUT2D eigenvalue weighted by atomic mass is 32.2. The highest BCUT2D eigenvalue weighted by Crippen LogP contribution is 2.28. The number of carbonyl (C=O) groups excluding carboxylic acids is 1. The molecular weight excluding hydrogens is 466 g/mol. The van der Waals surface area contributed by atoms with E-state index in [-0.39, 0.29) is 28.4 Å². The molecule has 0 spiro atoms. The van der Waals surface area contributed by atoms with Gasteiger partial charge in [-0.1, -0.05) is 30.3 Å². The van der Waals surface area contributed by atoms with Gasteiger partial charge >= 0.3 is 5.97 Å². The lowest BCUT2D eigenvalue weighted by molar-refractivity contribution is 0.0601. The predicted octanol–water partition coefficient (Wildman–Crippen LogP) is 1.78. The Morgan fingerprint density at radius 2 is 1.48 bits per heavy atom. The van der Waals surface area contributed by atoms with Gasteiger partial charge in [0.15, 0.2) is 0 Å². The van der Waals surface area contributed by atoms with Crippen molar-refractivity contribution in [2.45, 2.75) is 9.79 Å². The lowest BCUT2D eigenvalue weighted by atomic mass is 10.1. The van der Waals surface area contributed by atoms with Gasteiger partial charge in [-0.2, -0.15) is 4.31 Å². The third kappa shape index (κ3) is 4.58. The number of primary sulfonamides is 1. The molecule has 0 bridgehead atoms. The minimum Gasteiger partial charge on any atom is -0.465 e. The number of anilines is 1.